The minimum Gasteiger partial charge on any atom is -0.394 e. The fourth-order valence-electron chi connectivity index (χ4n) is 2.09. The molecule has 0 radical (unpaired) electrons. The Hall–Kier alpha value is -1.03. The fraction of sp³-hybridized carbons (Fsp3) is 0.700. The highest BCUT2D eigenvalue weighted by atomic mass is 16.3. The number of piperidine rings is 1. The number of hydrogen-bond acceptors (Lipinski definition) is 3. The van der Waals surface area contributed by atoms with Crippen LogP contribution in [0.25, 0.3) is 0 Å². The molecule has 1 atom stereocenters. The van der Waals surface area contributed by atoms with Gasteiger partial charge in [0.1, 0.15) is 0 Å². The SMILES string of the molecule is Cn1ccnc1N1CCCCC1CO. The molecular formula is C10H17N3O. The summed E-state index contributed by atoms with van der Waals surface area (Å²) in [6.07, 6.45) is 7.23. The van der Waals surface area contributed by atoms with Crippen molar-refractivity contribution in [2.24, 2.45) is 7.05 Å². The van der Waals surface area contributed by atoms with E-state index in [0.717, 1.165) is 18.9 Å². The summed E-state index contributed by atoms with van der Waals surface area (Å²) in [6, 6.07) is 0.254. The lowest BCUT2D eigenvalue weighted by Gasteiger charge is -2.35. The molecule has 1 saturated heterocycles. The molecule has 1 aliphatic rings. The maximum atomic E-state index is 9.27. The number of aromatic nitrogens is 2. The molecule has 1 fully saturated rings. The van der Waals surface area contributed by atoms with Crippen molar-refractivity contribution in [3.05, 3.63) is 12.4 Å². The van der Waals surface area contributed by atoms with Crippen LogP contribution < -0.4 is 4.90 Å². The first-order chi connectivity index (χ1) is 6.83. The summed E-state index contributed by atoms with van der Waals surface area (Å²) in [5.41, 5.74) is 0. The van der Waals surface area contributed by atoms with Crippen LogP contribution in [0, 0.1) is 0 Å². The first-order valence-corrected chi connectivity index (χ1v) is 5.17. The van der Waals surface area contributed by atoms with Crippen molar-refractivity contribution >= 4 is 5.95 Å². The van der Waals surface area contributed by atoms with Crippen LogP contribution in [0.15, 0.2) is 12.4 Å². The smallest absolute Gasteiger partial charge is 0.205 e. The number of imidazole rings is 1. The van der Waals surface area contributed by atoms with Crippen molar-refractivity contribution in [1.82, 2.24) is 9.55 Å². The van der Waals surface area contributed by atoms with Crippen LogP contribution >= 0.6 is 0 Å². The fourth-order valence-corrected chi connectivity index (χ4v) is 2.09. The van der Waals surface area contributed by atoms with E-state index in [-0.39, 0.29) is 12.6 Å². The summed E-state index contributed by atoms with van der Waals surface area (Å²) in [7, 11) is 1.99. The maximum absolute atomic E-state index is 9.27. The van der Waals surface area contributed by atoms with Crippen LogP contribution in [0.2, 0.25) is 0 Å². The summed E-state index contributed by atoms with van der Waals surface area (Å²) in [5.74, 6) is 0.976. The summed E-state index contributed by atoms with van der Waals surface area (Å²) in [4.78, 5) is 6.53. The molecule has 78 valence electrons. The van der Waals surface area contributed by atoms with E-state index in [2.05, 4.69) is 9.88 Å². The Morgan fingerprint density at radius 3 is 3.07 bits per heavy atom. The van der Waals surface area contributed by atoms with Gasteiger partial charge in [0.05, 0.1) is 12.6 Å². The molecule has 0 amide bonds. The van der Waals surface area contributed by atoms with Gasteiger partial charge in [-0.05, 0) is 19.3 Å². The van der Waals surface area contributed by atoms with Gasteiger partial charge in [-0.25, -0.2) is 4.98 Å². The van der Waals surface area contributed by atoms with Gasteiger partial charge in [0.2, 0.25) is 5.95 Å². The lowest BCUT2D eigenvalue weighted by Crippen LogP contribution is -2.43. The molecule has 14 heavy (non-hydrogen) atoms. The Labute approximate surface area is 84.2 Å². The van der Waals surface area contributed by atoms with E-state index >= 15 is 0 Å². The molecule has 1 aromatic heterocycles. The monoisotopic (exact) mass is 195 g/mol. The number of aryl methyl sites for hydroxylation is 1. The van der Waals surface area contributed by atoms with Gasteiger partial charge in [-0.15, -0.1) is 0 Å². The Balaban J connectivity index is 2.19. The van der Waals surface area contributed by atoms with Gasteiger partial charge in [-0.3, -0.25) is 0 Å². The zero-order valence-electron chi connectivity index (χ0n) is 8.56. The zero-order chi connectivity index (χ0) is 9.97. The van der Waals surface area contributed by atoms with E-state index in [4.69, 9.17) is 0 Å². The predicted octanol–water partition coefficient (Wildman–Crippen LogP) is 0.771. The number of anilines is 1. The average Bonchev–Trinajstić information content (AvgIpc) is 2.64. The molecule has 0 spiro atoms. The number of nitrogens with zero attached hydrogens (tertiary/aromatic N) is 3. The third-order valence-electron chi connectivity index (χ3n) is 2.89. The van der Waals surface area contributed by atoms with Crippen LogP contribution in [0.4, 0.5) is 5.95 Å². The van der Waals surface area contributed by atoms with E-state index in [1.807, 2.05) is 17.8 Å². The molecule has 1 N–H and O–H groups in total. The number of aliphatic hydroxyl groups excluding tert-OH is 1. The molecule has 2 heterocycles. The molecule has 1 aromatic rings. The van der Waals surface area contributed by atoms with Crippen molar-refractivity contribution in [2.45, 2.75) is 25.3 Å². The topological polar surface area (TPSA) is 41.3 Å². The summed E-state index contributed by atoms with van der Waals surface area (Å²) in [5, 5.41) is 9.27. The minimum absolute atomic E-state index is 0.229. The molecule has 0 aromatic carbocycles. The second kappa shape index (κ2) is 4.00. The van der Waals surface area contributed by atoms with Gasteiger partial charge in [-0.2, -0.15) is 0 Å². The molecule has 1 unspecified atom stereocenters. The van der Waals surface area contributed by atoms with Gasteiger partial charge in [0.15, 0.2) is 0 Å². The summed E-state index contributed by atoms with van der Waals surface area (Å²) >= 11 is 0. The molecule has 4 nitrogen and oxygen atoms in total. The van der Waals surface area contributed by atoms with E-state index < -0.39 is 0 Å². The van der Waals surface area contributed by atoms with Crippen molar-refractivity contribution in [2.75, 3.05) is 18.1 Å². The second-order valence-corrected chi connectivity index (χ2v) is 3.86. The van der Waals surface area contributed by atoms with Crippen LogP contribution in [0.3, 0.4) is 0 Å². The Kier molecular flexibility index (Phi) is 2.72. The second-order valence-electron chi connectivity index (χ2n) is 3.86. The van der Waals surface area contributed by atoms with E-state index in [0.29, 0.717) is 0 Å². The molecule has 1 aliphatic heterocycles. The summed E-state index contributed by atoms with van der Waals surface area (Å²) < 4.78 is 2.01. The van der Waals surface area contributed by atoms with Crippen LogP contribution in [0.1, 0.15) is 19.3 Å². The Bertz CT molecular complexity index is 297. The van der Waals surface area contributed by atoms with Crippen LogP contribution in [-0.2, 0) is 7.05 Å². The zero-order valence-corrected chi connectivity index (χ0v) is 8.56. The maximum Gasteiger partial charge on any atom is 0.205 e. The highest BCUT2D eigenvalue weighted by Crippen LogP contribution is 2.22. The van der Waals surface area contributed by atoms with Gasteiger partial charge in [0, 0.05) is 26.0 Å². The Morgan fingerprint density at radius 2 is 2.43 bits per heavy atom. The van der Waals surface area contributed by atoms with Gasteiger partial charge in [0.25, 0.3) is 0 Å². The highest BCUT2D eigenvalue weighted by molar-refractivity contribution is 5.33. The first-order valence-electron chi connectivity index (χ1n) is 5.17. The van der Waals surface area contributed by atoms with Crippen LogP contribution in [0.5, 0.6) is 0 Å². The molecule has 2 rings (SSSR count). The first kappa shape index (κ1) is 9.52. The molecule has 0 saturated carbocycles. The minimum atomic E-state index is 0.229. The highest BCUT2D eigenvalue weighted by Gasteiger charge is 2.24. The van der Waals surface area contributed by atoms with E-state index in [1.165, 1.54) is 12.8 Å². The molecule has 0 bridgehead atoms. The third kappa shape index (κ3) is 1.62. The quantitative estimate of drug-likeness (QED) is 0.758. The van der Waals surface area contributed by atoms with E-state index in [1.54, 1.807) is 6.20 Å². The molecular weight excluding hydrogens is 178 g/mol. The van der Waals surface area contributed by atoms with E-state index in [9.17, 15) is 5.11 Å². The van der Waals surface area contributed by atoms with Gasteiger partial charge < -0.3 is 14.6 Å². The predicted molar refractivity (Wildman–Crippen MR) is 55.3 cm³/mol. The van der Waals surface area contributed by atoms with Crippen molar-refractivity contribution in [1.29, 1.82) is 0 Å². The van der Waals surface area contributed by atoms with Crippen molar-refractivity contribution in [3.8, 4) is 0 Å². The van der Waals surface area contributed by atoms with Crippen molar-refractivity contribution < 1.29 is 5.11 Å². The normalized spacial score (nSPS) is 22.7. The van der Waals surface area contributed by atoms with Gasteiger partial charge >= 0.3 is 0 Å². The average molecular weight is 195 g/mol. The standard InChI is InChI=1S/C10H17N3O/c1-12-7-5-11-10(12)13-6-3-2-4-9(13)8-14/h5,7,9,14H,2-4,6,8H2,1H3. The molecule has 0 aliphatic carbocycles. The lowest BCUT2D eigenvalue weighted by atomic mass is 10.0. The molecule has 4 heteroatoms. The summed E-state index contributed by atoms with van der Waals surface area (Å²) in [6.45, 7) is 1.24. The number of hydrogen-bond donors (Lipinski definition) is 1. The number of aliphatic hydroxyl groups is 1. The largest absolute Gasteiger partial charge is 0.394 e. The number of rotatable bonds is 2. The third-order valence-corrected chi connectivity index (χ3v) is 2.89. The van der Waals surface area contributed by atoms with Gasteiger partial charge in [-0.1, -0.05) is 0 Å². The van der Waals surface area contributed by atoms with Crippen LogP contribution in [-0.4, -0.2) is 33.9 Å². The Morgan fingerprint density at radius 1 is 1.57 bits per heavy atom. The lowest BCUT2D eigenvalue weighted by molar-refractivity contribution is 0.238. The van der Waals surface area contributed by atoms with Crippen molar-refractivity contribution in [3.63, 3.8) is 0 Å².